The van der Waals surface area contributed by atoms with Crippen LogP contribution in [0.2, 0.25) is 5.02 Å². The molecule has 2 heterocycles. The topological polar surface area (TPSA) is 50.8 Å². The summed E-state index contributed by atoms with van der Waals surface area (Å²) >= 11 is 6.00. The average Bonchev–Trinajstić information content (AvgIpc) is 2.90. The fraction of sp³-hybridized carbons (Fsp3) is 0.381. The maximum atomic E-state index is 12.7. The fourth-order valence-electron chi connectivity index (χ4n) is 3.60. The molecule has 0 saturated heterocycles. The van der Waals surface area contributed by atoms with E-state index in [1.54, 1.807) is 4.90 Å². The maximum absolute atomic E-state index is 12.7. The minimum atomic E-state index is -0.326. The Bertz CT molecular complexity index is 840. The lowest BCUT2D eigenvalue weighted by Crippen LogP contribution is -2.38. The van der Waals surface area contributed by atoms with Gasteiger partial charge in [-0.3, -0.25) is 4.90 Å². The molecule has 0 unspecified atom stereocenters. The van der Waals surface area contributed by atoms with E-state index in [9.17, 15) is 4.79 Å². The smallest absolute Gasteiger partial charge is 0.414 e. The summed E-state index contributed by atoms with van der Waals surface area (Å²) in [6.45, 7) is 3.23. The van der Waals surface area contributed by atoms with Gasteiger partial charge in [-0.1, -0.05) is 23.7 Å². The van der Waals surface area contributed by atoms with E-state index in [2.05, 4.69) is 17.4 Å². The molecule has 2 aliphatic rings. The van der Waals surface area contributed by atoms with Gasteiger partial charge in [0.25, 0.3) is 0 Å². The predicted octanol–water partition coefficient (Wildman–Crippen LogP) is 3.61. The molecule has 0 radical (unpaired) electrons. The number of nitrogens with one attached hydrogen (secondary N) is 1. The molecular formula is C21H23ClN2O3. The van der Waals surface area contributed by atoms with Crippen molar-refractivity contribution >= 4 is 23.4 Å². The summed E-state index contributed by atoms with van der Waals surface area (Å²) in [6.07, 6.45) is 2.25. The number of amides is 1. The van der Waals surface area contributed by atoms with Gasteiger partial charge in [0.15, 0.2) is 0 Å². The number of hydrogen-bond donors (Lipinski definition) is 1. The second-order valence-corrected chi connectivity index (χ2v) is 7.27. The van der Waals surface area contributed by atoms with E-state index in [1.807, 2.05) is 24.3 Å². The van der Waals surface area contributed by atoms with E-state index in [0.29, 0.717) is 31.2 Å². The number of halogens is 1. The van der Waals surface area contributed by atoms with Crippen LogP contribution in [0, 0.1) is 0 Å². The molecule has 1 N–H and O–H groups in total. The molecule has 0 atom stereocenters. The highest BCUT2D eigenvalue weighted by Gasteiger charge is 2.26. The minimum absolute atomic E-state index is 0.320. The molecule has 0 saturated carbocycles. The van der Waals surface area contributed by atoms with Crippen LogP contribution in [0.3, 0.4) is 0 Å². The highest BCUT2D eigenvalue weighted by Crippen LogP contribution is 2.35. The quantitative estimate of drug-likeness (QED) is 0.875. The van der Waals surface area contributed by atoms with Gasteiger partial charge in [0.2, 0.25) is 0 Å². The van der Waals surface area contributed by atoms with Crippen LogP contribution in [0.1, 0.15) is 16.7 Å². The highest BCUT2D eigenvalue weighted by molar-refractivity contribution is 6.30. The van der Waals surface area contributed by atoms with Crippen LogP contribution in [0.25, 0.3) is 0 Å². The third-order valence-electron chi connectivity index (χ3n) is 5.01. The van der Waals surface area contributed by atoms with E-state index >= 15 is 0 Å². The normalized spacial score (nSPS) is 16.0. The van der Waals surface area contributed by atoms with Gasteiger partial charge < -0.3 is 14.8 Å². The van der Waals surface area contributed by atoms with Crippen molar-refractivity contribution in [2.75, 3.05) is 37.7 Å². The van der Waals surface area contributed by atoms with Crippen LogP contribution in [-0.4, -0.2) is 38.9 Å². The lowest BCUT2D eigenvalue weighted by molar-refractivity contribution is 0.151. The maximum Gasteiger partial charge on any atom is 0.414 e. The van der Waals surface area contributed by atoms with E-state index < -0.39 is 0 Å². The Morgan fingerprint density at radius 3 is 2.81 bits per heavy atom. The molecule has 2 aromatic carbocycles. The van der Waals surface area contributed by atoms with Gasteiger partial charge in [-0.15, -0.1) is 0 Å². The first kappa shape index (κ1) is 18.1. The molecule has 0 fully saturated rings. The fourth-order valence-corrected chi connectivity index (χ4v) is 3.81. The summed E-state index contributed by atoms with van der Waals surface area (Å²) in [6, 6.07) is 11.8. The van der Waals surface area contributed by atoms with Crippen LogP contribution in [-0.2, 0) is 24.0 Å². The largest absolute Gasteiger partial charge is 0.490 e. The number of rotatable bonds is 3. The Kier molecular flexibility index (Phi) is 5.50. The number of carbonyl (C=O) groups excluding carboxylic acids is 1. The summed E-state index contributed by atoms with van der Waals surface area (Å²) in [5, 5.41) is 4.10. The zero-order valence-corrected chi connectivity index (χ0v) is 15.9. The Morgan fingerprint density at radius 1 is 1.19 bits per heavy atom. The van der Waals surface area contributed by atoms with E-state index in [1.165, 1.54) is 11.1 Å². The highest BCUT2D eigenvalue weighted by atomic mass is 35.5. The number of hydrogen-bond acceptors (Lipinski definition) is 4. The first-order valence-electron chi connectivity index (χ1n) is 9.39. The summed E-state index contributed by atoms with van der Waals surface area (Å²) in [5.41, 5.74) is 4.45. The summed E-state index contributed by atoms with van der Waals surface area (Å²) < 4.78 is 11.3. The molecule has 2 aromatic rings. The van der Waals surface area contributed by atoms with Gasteiger partial charge in [-0.05, 0) is 66.9 Å². The van der Waals surface area contributed by atoms with Crippen LogP contribution in [0.15, 0.2) is 36.4 Å². The molecule has 6 heteroatoms. The number of benzene rings is 2. The molecule has 5 nitrogen and oxygen atoms in total. The van der Waals surface area contributed by atoms with Crippen molar-refractivity contribution in [1.29, 1.82) is 0 Å². The van der Waals surface area contributed by atoms with Crippen molar-refractivity contribution in [1.82, 2.24) is 5.32 Å². The van der Waals surface area contributed by atoms with Crippen molar-refractivity contribution < 1.29 is 14.3 Å². The van der Waals surface area contributed by atoms with Crippen LogP contribution >= 0.6 is 11.6 Å². The SMILES string of the molecule is O=C(OCCc1cccc(Cl)c1)N1CCOc2cc3c(cc21)CCNCC3. The van der Waals surface area contributed by atoms with Gasteiger partial charge in [-0.25, -0.2) is 4.79 Å². The Labute approximate surface area is 164 Å². The number of anilines is 1. The molecule has 1 amide bonds. The second-order valence-electron chi connectivity index (χ2n) is 6.83. The third kappa shape index (κ3) is 4.20. The standard InChI is InChI=1S/C21H23ClN2O3/c22-18-3-1-2-15(12-18)6-10-27-21(25)24-9-11-26-20-14-17-5-8-23-7-4-16(17)13-19(20)24/h1-3,12-14,23H,4-11H2. The van der Waals surface area contributed by atoms with E-state index in [4.69, 9.17) is 21.1 Å². The van der Waals surface area contributed by atoms with Gasteiger partial charge in [0.1, 0.15) is 12.4 Å². The number of carbonyl (C=O) groups is 1. The molecule has 27 heavy (non-hydrogen) atoms. The van der Waals surface area contributed by atoms with Crippen molar-refractivity contribution in [3.8, 4) is 5.75 Å². The number of nitrogens with zero attached hydrogens (tertiary/aromatic N) is 1. The lowest BCUT2D eigenvalue weighted by atomic mass is 10.0. The van der Waals surface area contributed by atoms with Gasteiger partial charge >= 0.3 is 6.09 Å². The monoisotopic (exact) mass is 386 g/mol. The van der Waals surface area contributed by atoms with Gasteiger partial charge in [0.05, 0.1) is 18.8 Å². The van der Waals surface area contributed by atoms with Crippen molar-refractivity contribution in [2.45, 2.75) is 19.3 Å². The first-order chi connectivity index (χ1) is 13.2. The predicted molar refractivity (Wildman–Crippen MR) is 106 cm³/mol. The molecular weight excluding hydrogens is 364 g/mol. The molecule has 0 aliphatic carbocycles. The Hall–Kier alpha value is -2.24. The number of ether oxygens (including phenoxy) is 2. The number of fused-ring (bicyclic) bond motifs is 2. The first-order valence-corrected chi connectivity index (χ1v) is 9.76. The summed E-state index contributed by atoms with van der Waals surface area (Å²) in [4.78, 5) is 14.4. The summed E-state index contributed by atoms with van der Waals surface area (Å²) in [5.74, 6) is 0.772. The molecule has 142 valence electrons. The second kappa shape index (κ2) is 8.19. The van der Waals surface area contributed by atoms with Crippen molar-refractivity contribution in [3.05, 3.63) is 58.1 Å². The van der Waals surface area contributed by atoms with Gasteiger partial charge in [0, 0.05) is 11.4 Å². The van der Waals surface area contributed by atoms with Crippen molar-refractivity contribution in [2.24, 2.45) is 0 Å². The minimum Gasteiger partial charge on any atom is -0.490 e. The molecule has 2 aliphatic heterocycles. The van der Waals surface area contributed by atoms with Crippen LogP contribution < -0.4 is 15.0 Å². The van der Waals surface area contributed by atoms with Gasteiger partial charge in [-0.2, -0.15) is 0 Å². The third-order valence-corrected chi connectivity index (χ3v) is 5.25. The Morgan fingerprint density at radius 2 is 2.00 bits per heavy atom. The molecule has 0 spiro atoms. The molecule has 4 rings (SSSR count). The average molecular weight is 387 g/mol. The molecule has 0 bridgehead atoms. The van der Waals surface area contributed by atoms with E-state index in [0.717, 1.165) is 42.9 Å². The van der Waals surface area contributed by atoms with Crippen molar-refractivity contribution in [3.63, 3.8) is 0 Å². The molecule has 0 aromatic heterocycles. The lowest BCUT2D eigenvalue weighted by Gasteiger charge is -2.30. The zero-order chi connectivity index (χ0) is 18.6. The summed E-state index contributed by atoms with van der Waals surface area (Å²) in [7, 11) is 0. The van der Waals surface area contributed by atoms with Crippen LogP contribution in [0.4, 0.5) is 10.5 Å². The van der Waals surface area contributed by atoms with E-state index in [-0.39, 0.29) is 6.09 Å². The van der Waals surface area contributed by atoms with Crippen LogP contribution in [0.5, 0.6) is 5.75 Å². The Balaban J connectivity index is 1.45. The zero-order valence-electron chi connectivity index (χ0n) is 15.2.